The molecular weight excluding hydrogens is 389 g/mol. The molecule has 0 saturated carbocycles. The summed E-state index contributed by atoms with van der Waals surface area (Å²) < 4.78 is 10.7. The molecule has 25 heavy (non-hydrogen) atoms. The number of benzene rings is 2. The Labute approximate surface area is 157 Å². The molecule has 0 radical (unpaired) electrons. The van der Waals surface area contributed by atoms with Crippen LogP contribution in [0.3, 0.4) is 0 Å². The molecule has 0 aliphatic rings. The molecule has 1 heterocycles. The van der Waals surface area contributed by atoms with E-state index in [0.717, 1.165) is 0 Å². The zero-order chi connectivity index (χ0) is 17.8. The van der Waals surface area contributed by atoms with Crippen LogP contribution >= 0.6 is 34.8 Å². The minimum atomic E-state index is -0.450. The number of hydrogen-bond acceptors (Lipinski definition) is 5. The highest BCUT2D eigenvalue weighted by molar-refractivity contribution is 6.35. The van der Waals surface area contributed by atoms with Crippen LogP contribution in [0.5, 0.6) is 5.75 Å². The number of nitrogens with zero attached hydrogens (tertiary/aromatic N) is 2. The zero-order valence-electron chi connectivity index (χ0n) is 12.5. The third kappa shape index (κ3) is 4.85. The fourth-order valence-electron chi connectivity index (χ4n) is 1.90. The summed E-state index contributed by atoms with van der Waals surface area (Å²) in [6.07, 6.45) is 0. The molecule has 0 atom stereocenters. The number of carbonyl (C=O) groups is 1. The highest BCUT2D eigenvalue weighted by Gasteiger charge is 2.13. The Morgan fingerprint density at radius 2 is 1.68 bits per heavy atom. The van der Waals surface area contributed by atoms with Crippen LogP contribution in [0.25, 0.3) is 11.5 Å². The van der Waals surface area contributed by atoms with Crippen molar-refractivity contribution < 1.29 is 13.9 Å². The normalized spacial score (nSPS) is 10.5. The topological polar surface area (TPSA) is 77.2 Å². The second-order valence-electron chi connectivity index (χ2n) is 4.86. The molecule has 0 aliphatic heterocycles. The first-order valence-electron chi connectivity index (χ1n) is 6.98. The van der Waals surface area contributed by atoms with Crippen LogP contribution in [0.4, 0.5) is 6.01 Å². The average Bonchev–Trinajstić information content (AvgIpc) is 3.02. The molecule has 0 bridgehead atoms. The van der Waals surface area contributed by atoms with Gasteiger partial charge in [0.2, 0.25) is 5.89 Å². The van der Waals surface area contributed by atoms with E-state index in [0.29, 0.717) is 26.4 Å². The molecule has 6 nitrogen and oxygen atoms in total. The van der Waals surface area contributed by atoms with Crippen molar-refractivity contribution in [2.75, 3.05) is 11.9 Å². The summed E-state index contributed by atoms with van der Waals surface area (Å²) in [4.78, 5) is 11.9. The van der Waals surface area contributed by atoms with Gasteiger partial charge in [0.15, 0.2) is 6.61 Å². The van der Waals surface area contributed by atoms with Gasteiger partial charge < -0.3 is 9.15 Å². The van der Waals surface area contributed by atoms with E-state index in [1.807, 2.05) is 0 Å². The second-order valence-corrected chi connectivity index (χ2v) is 6.17. The van der Waals surface area contributed by atoms with Gasteiger partial charge in [-0.1, -0.05) is 39.9 Å². The fourth-order valence-corrected chi connectivity index (χ4v) is 2.55. The monoisotopic (exact) mass is 397 g/mol. The van der Waals surface area contributed by atoms with E-state index >= 15 is 0 Å². The van der Waals surface area contributed by atoms with Gasteiger partial charge in [-0.2, -0.15) is 0 Å². The van der Waals surface area contributed by atoms with Gasteiger partial charge in [-0.3, -0.25) is 10.1 Å². The Morgan fingerprint density at radius 3 is 2.36 bits per heavy atom. The SMILES string of the molecule is O=C(COc1ccc(Cl)cc1)Nc1nnc(-c2cc(Cl)cc(Cl)c2)o1. The molecule has 128 valence electrons. The van der Waals surface area contributed by atoms with Gasteiger partial charge in [-0.25, -0.2) is 0 Å². The molecule has 2 aromatic carbocycles. The van der Waals surface area contributed by atoms with Crippen LogP contribution in [0, 0.1) is 0 Å². The number of halogens is 3. The number of amides is 1. The van der Waals surface area contributed by atoms with Crippen LogP contribution in [0.2, 0.25) is 15.1 Å². The van der Waals surface area contributed by atoms with Crippen molar-refractivity contribution in [3.63, 3.8) is 0 Å². The molecule has 0 fully saturated rings. The van der Waals surface area contributed by atoms with Gasteiger partial charge >= 0.3 is 6.01 Å². The number of rotatable bonds is 5. The highest BCUT2D eigenvalue weighted by Crippen LogP contribution is 2.27. The van der Waals surface area contributed by atoms with E-state index in [2.05, 4.69) is 15.5 Å². The minimum Gasteiger partial charge on any atom is -0.484 e. The van der Waals surface area contributed by atoms with Crippen molar-refractivity contribution in [2.45, 2.75) is 0 Å². The predicted molar refractivity (Wildman–Crippen MR) is 95.3 cm³/mol. The van der Waals surface area contributed by atoms with Crippen molar-refractivity contribution in [3.8, 4) is 17.2 Å². The van der Waals surface area contributed by atoms with E-state index in [-0.39, 0.29) is 18.5 Å². The molecule has 1 amide bonds. The van der Waals surface area contributed by atoms with E-state index in [9.17, 15) is 4.79 Å². The molecular formula is C16H10Cl3N3O3. The van der Waals surface area contributed by atoms with Crippen LogP contribution in [0.1, 0.15) is 0 Å². The average molecular weight is 399 g/mol. The van der Waals surface area contributed by atoms with Gasteiger partial charge in [0, 0.05) is 20.6 Å². The third-order valence-electron chi connectivity index (χ3n) is 2.96. The van der Waals surface area contributed by atoms with Gasteiger partial charge in [-0.05, 0) is 42.5 Å². The maximum Gasteiger partial charge on any atom is 0.322 e. The summed E-state index contributed by atoms with van der Waals surface area (Å²) in [5.74, 6) is 0.243. The smallest absolute Gasteiger partial charge is 0.322 e. The van der Waals surface area contributed by atoms with Crippen molar-refractivity contribution in [1.82, 2.24) is 10.2 Å². The molecule has 0 spiro atoms. The molecule has 0 unspecified atom stereocenters. The molecule has 0 saturated heterocycles. The van der Waals surface area contributed by atoms with Gasteiger partial charge in [0.1, 0.15) is 5.75 Å². The number of hydrogen-bond donors (Lipinski definition) is 1. The third-order valence-corrected chi connectivity index (χ3v) is 3.65. The molecule has 1 N–H and O–H groups in total. The summed E-state index contributed by atoms with van der Waals surface area (Å²) in [7, 11) is 0. The van der Waals surface area contributed by atoms with Gasteiger partial charge in [0.25, 0.3) is 5.91 Å². The van der Waals surface area contributed by atoms with Gasteiger partial charge in [-0.15, -0.1) is 5.10 Å². The Morgan fingerprint density at radius 1 is 1.00 bits per heavy atom. The number of aromatic nitrogens is 2. The quantitative estimate of drug-likeness (QED) is 0.673. The van der Waals surface area contributed by atoms with E-state index in [1.165, 1.54) is 0 Å². The lowest BCUT2D eigenvalue weighted by atomic mass is 10.2. The number of ether oxygens (including phenoxy) is 1. The van der Waals surface area contributed by atoms with Crippen LogP contribution in [0.15, 0.2) is 46.9 Å². The molecule has 1 aromatic heterocycles. The van der Waals surface area contributed by atoms with E-state index in [1.54, 1.807) is 42.5 Å². The Hall–Kier alpha value is -2.28. The maximum absolute atomic E-state index is 11.9. The number of anilines is 1. The molecule has 0 aliphatic carbocycles. The minimum absolute atomic E-state index is 0.0594. The fraction of sp³-hybridized carbons (Fsp3) is 0.0625. The predicted octanol–water partition coefficient (Wildman–Crippen LogP) is 4.71. The summed E-state index contributed by atoms with van der Waals surface area (Å²) in [6.45, 7) is -0.220. The van der Waals surface area contributed by atoms with Crippen molar-refractivity contribution in [1.29, 1.82) is 0 Å². The largest absolute Gasteiger partial charge is 0.484 e. The Balaban J connectivity index is 1.60. The van der Waals surface area contributed by atoms with Crippen molar-refractivity contribution in [2.24, 2.45) is 0 Å². The van der Waals surface area contributed by atoms with Crippen LogP contribution in [-0.4, -0.2) is 22.7 Å². The van der Waals surface area contributed by atoms with Crippen molar-refractivity contribution in [3.05, 3.63) is 57.5 Å². The summed E-state index contributed by atoms with van der Waals surface area (Å²) >= 11 is 17.6. The first-order chi connectivity index (χ1) is 12.0. The first-order valence-corrected chi connectivity index (χ1v) is 8.11. The molecule has 3 aromatic rings. The van der Waals surface area contributed by atoms with E-state index < -0.39 is 5.91 Å². The van der Waals surface area contributed by atoms with Crippen molar-refractivity contribution >= 4 is 46.7 Å². The summed E-state index contributed by atoms with van der Waals surface area (Å²) in [5, 5.41) is 11.5. The highest BCUT2D eigenvalue weighted by atomic mass is 35.5. The summed E-state index contributed by atoms with van der Waals surface area (Å²) in [5.41, 5.74) is 0.544. The Bertz CT molecular complexity index is 877. The lowest BCUT2D eigenvalue weighted by Gasteiger charge is -2.05. The maximum atomic E-state index is 11.9. The zero-order valence-corrected chi connectivity index (χ0v) is 14.8. The number of nitrogens with one attached hydrogen (secondary N) is 1. The molecule has 9 heteroatoms. The molecule has 3 rings (SSSR count). The first kappa shape index (κ1) is 17.5. The van der Waals surface area contributed by atoms with E-state index in [4.69, 9.17) is 44.0 Å². The standard InChI is InChI=1S/C16H10Cl3N3O3/c17-10-1-3-13(4-2-10)24-8-14(23)20-16-22-21-15(25-16)9-5-11(18)7-12(19)6-9/h1-7H,8H2,(H,20,22,23). The van der Waals surface area contributed by atoms with Crippen LogP contribution < -0.4 is 10.1 Å². The lowest BCUT2D eigenvalue weighted by Crippen LogP contribution is -2.20. The summed E-state index contributed by atoms with van der Waals surface area (Å²) in [6, 6.07) is 11.4. The van der Waals surface area contributed by atoms with Gasteiger partial charge in [0.05, 0.1) is 0 Å². The second kappa shape index (κ2) is 7.74. The Kier molecular flexibility index (Phi) is 5.43. The lowest BCUT2D eigenvalue weighted by molar-refractivity contribution is -0.118. The number of carbonyl (C=O) groups excluding carboxylic acids is 1. The van der Waals surface area contributed by atoms with Crippen LogP contribution in [-0.2, 0) is 4.79 Å².